The van der Waals surface area contributed by atoms with Crippen LogP contribution in [-0.4, -0.2) is 60.0 Å². The first kappa shape index (κ1) is 21.1. The van der Waals surface area contributed by atoms with Gasteiger partial charge in [0.05, 0.1) is 11.6 Å². The molecule has 0 radical (unpaired) electrons. The van der Waals surface area contributed by atoms with Gasteiger partial charge in [-0.3, -0.25) is 9.69 Å². The van der Waals surface area contributed by atoms with E-state index in [1.165, 1.54) is 25.9 Å². The Balaban J connectivity index is 1.31. The number of piperidine rings is 1. The minimum absolute atomic E-state index is 0.0698. The molecule has 6 nitrogen and oxygen atoms in total. The van der Waals surface area contributed by atoms with Crippen LogP contribution in [-0.2, 0) is 11.3 Å². The van der Waals surface area contributed by atoms with Crippen LogP contribution in [0.3, 0.4) is 0 Å². The van der Waals surface area contributed by atoms with E-state index in [-0.39, 0.29) is 11.8 Å². The lowest BCUT2D eigenvalue weighted by Crippen LogP contribution is -2.44. The third kappa shape index (κ3) is 5.10. The van der Waals surface area contributed by atoms with Crippen molar-refractivity contribution in [2.75, 3.05) is 39.3 Å². The first-order valence-electron chi connectivity index (χ1n) is 11.3. The van der Waals surface area contributed by atoms with E-state index in [9.17, 15) is 4.79 Å². The predicted molar refractivity (Wildman–Crippen MR) is 118 cm³/mol. The van der Waals surface area contributed by atoms with E-state index < -0.39 is 0 Å². The quantitative estimate of drug-likeness (QED) is 0.758. The van der Waals surface area contributed by atoms with Crippen molar-refractivity contribution in [3.05, 3.63) is 41.3 Å². The molecule has 4 rings (SSSR count). The number of aryl methyl sites for hydroxylation is 2. The number of nitrogens with zero attached hydrogens (tertiary/aromatic N) is 3. The van der Waals surface area contributed by atoms with E-state index in [1.54, 1.807) is 0 Å². The molecule has 2 fully saturated rings. The summed E-state index contributed by atoms with van der Waals surface area (Å²) < 4.78 is 5.98. The Morgan fingerprint density at radius 1 is 1.13 bits per heavy atom. The standard InChI is InChI=1S/C24H34N4O2/c1-18-8-3-4-10-21(18)24-26-22(19(2)30-24)17-28-14-7-9-20(16-28)23(29)25-11-15-27-12-5-6-13-27/h3-4,8,10,20H,5-7,9,11-17H2,1-2H3,(H,25,29)/t20-/m1/s1. The summed E-state index contributed by atoms with van der Waals surface area (Å²) in [6.45, 7) is 10.7. The molecular weight excluding hydrogens is 376 g/mol. The van der Waals surface area contributed by atoms with Gasteiger partial charge in [-0.1, -0.05) is 18.2 Å². The van der Waals surface area contributed by atoms with Crippen molar-refractivity contribution in [1.29, 1.82) is 0 Å². The Labute approximate surface area is 179 Å². The summed E-state index contributed by atoms with van der Waals surface area (Å²) in [6, 6.07) is 8.17. The monoisotopic (exact) mass is 410 g/mol. The lowest BCUT2D eigenvalue weighted by atomic mass is 9.97. The van der Waals surface area contributed by atoms with E-state index in [2.05, 4.69) is 28.1 Å². The molecule has 1 N–H and O–H groups in total. The van der Waals surface area contributed by atoms with Crippen molar-refractivity contribution in [2.45, 2.75) is 46.1 Å². The summed E-state index contributed by atoms with van der Waals surface area (Å²) in [5.41, 5.74) is 3.18. The molecule has 2 saturated heterocycles. The molecule has 0 unspecified atom stereocenters. The fourth-order valence-electron chi connectivity index (χ4n) is 4.62. The van der Waals surface area contributed by atoms with Gasteiger partial charge in [-0.25, -0.2) is 4.98 Å². The molecule has 0 saturated carbocycles. The molecule has 1 aromatic heterocycles. The number of oxazole rings is 1. The Bertz CT molecular complexity index is 857. The van der Waals surface area contributed by atoms with Gasteiger partial charge in [0, 0.05) is 31.7 Å². The van der Waals surface area contributed by atoms with Crippen LogP contribution in [0.25, 0.3) is 11.5 Å². The SMILES string of the molecule is Cc1ccccc1-c1nc(CN2CCC[C@@H](C(=O)NCCN3CCCC3)C2)c(C)o1. The van der Waals surface area contributed by atoms with Crippen LogP contribution in [0.1, 0.15) is 42.7 Å². The van der Waals surface area contributed by atoms with E-state index in [0.717, 1.165) is 68.1 Å². The van der Waals surface area contributed by atoms with Crippen LogP contribution in [0.4, 0.5) is 0 Å². The zero-order chi connectivity index (χ0) is 20.9. The summed E-state index contributed by atoms with van der Waals surface area (Å²) in [5, 5.41) is 3.17. The average molecular weight is 411 g/mol. The molecular formula is C24H34N4O2. The lowest BCUT2D eigenvalue weighted by Gasteiger charge is -2.31. The molecule has 0 aliphatic carbocycles. The Morgan fingerprint density at radius 2 is 1.90 bits per heavy atom. The Hall–Kier alpha value is -2.18. The second-order valence-corrected chi connectivity index (χ2v) is 8.75. The smallest absolute Gasteiger partial charge is 0.226 e. The average Bonchev–Trinajstić information content (AvgIpc) is 3.39. The van der Waals surface area contributed by atoms with Gasteiger partial charge in [-0.15, -0.1) is 0 Å². The zero-order valence-electron chi connectivity index (χ0n) is 18.3. The number of benzene rings is 1. The molecule has 30 heavy (non-hydrogen) atoms. The van der Waals surface area contributed by atoms with Crippen molar-refractivity contribution in [3.8, 4) is 11.5 Å². The molecule has 1 atom stereocenters. The van der Waals surface area contributed by atoms with Gasteiger partial charge in [0.2, 0.25) is 11.8 Å². The van der Waals surface area contributed by atoms with E-state index >= 15 is 0 Å². The number of rotatable bonds is 7. The first-order valence-corrected chi connectivity index (χ1v) is 11.3. The Morgan fingerprint density at radius 3 is 2.70 bits per heavy atom. The minimum atomic E-state index is 0.0698. The van der Waals surface area contributed by atoms with Gasteiger partial charge in [-0.2, -0.15) is 0 Å². The fourth-order valence-corrected chi connectivity index (χ4v) is 4.62. The molecule has 1 aromatic carbocycles. The first-order chi connectivity index (χ1) is 14.6. The van der Waals surface area contributed by atoms with Crippen LogP contribution >= 0.6 is 0 Å². The highest BCUT2D eigenvalue weighted by molar-refractivity contribution is 5.78. The van der Waals surface area contributed by atoms with Gasteiger partial charge < -0.3 is 14.6 Å². The second-order valence-electron chi connectivity index (χ2n) is 8.75. The molecule has 2 aliphatic rings. The third-order valence-electron chi connectivity index (χ3n) is 6.44. The van der Waals surface area contributed by atoms with Gasteiger partial charge in [0.15, 0.2) is 0 Å². The predicted octanol–water partition coefficient (Wildman–Crippen LogP) is 3.38. The lowest BCUT2D eigenvalue weighted by molar-refractivity contribution is -0.126. The topological polar surface area (TPSA) is 61.6 Å². The van der Waals surface area contributed by atoms with Gasteiger partial charge >= 0.3 is 0 Å². The number of nitrogens with one attached hydrogen (secondary N) is 1. The summed E-state index contributed by atoms with van der Waals surface area (Å²) in [7, 11) is 0. The van der Waals surface area contributed by atoms with E-state index in [0.29, 0.717) is 5.89 Å². The number of hydrogen-bond acceptors (Lipinski definition) is 5. The highest BCUT2D eigenvalue weighted by Gasteiger charge is 2.27. The van der Waals surface area contributed by atoms with Crippen molar-refractivity contribution >= 4 is 5.91 Å². The van der Waals surface area contributed by atoms with Gasteiger partial charge in [-0.05, 0) is 70.8 Å². The maximum atomic E-state index is 12.7. The number of carbonyl (C=O) groups is 1. The van der Waals surface area contributed by atoms with Gasteiger partial charge in [0.1, 0.15) is 5.76 Å². The molecule has 1 amide bonds. The normalized spacial score (nSPS) is 20.5. The third-order valence-corrected chi connectivity index (χ3v) is 6.44. The van der Waals surface area contributed by atoms with Crippen molar-refractivity contribution < 1.29 is 9.21 Å². The molecule has 162 valence electrons. The molecule has 2 aliphatic heterocycles. The van der Waals surface area contributed by atoms with Crippen molar-refractivity contribution in [3.63, 3.8) is 0 Å². The summed E-state index contributed by atoms with van der Waals surface area (Å²) in [4.78, 5) is 22.2. The highest BCUT2D eigenvalue weighted by Crippen LogP contribution is 2.26. The summed E-state index contributed by atoms with van der Waals surface area (Å²) in [5.74, 6) is 1.83. The maximum absolute atomic E-state index is 12.7. The van der Waals surface area contributed by atoms with Crippen molar-refractivity contribution in [2.24, 2.45) is 5.92 Å². The molecule has 0 spiro atoms. The summed E-state index contributed by atoms with van der Waals surface area (Å²) in [6.07, 6.45) is 4.60. The largest absolute Gasteiger partial charge is 0.441 e. The van der Waals surface area contributed by atoms with Crippen LogP contribution in [0.5, 0.6) is 0 Å². The van der Waals surface area contributed by atoms with Crippen LogP contribution in [0.15, 0.2) is 28.7 Å². The minimum Gasteiger partial charge on any atom is -0.441 e. The van der Waals surface area contributed by atoms with E-state index in [4.69, 9.17) is 9.40 Å². The van der Waals surface area contributed by atoms with Crippen LogP contribution in [0, 0.1) is 19.8 Å². The van der Waals surface area contributed by atoms with Gasteiger partial charge in [0.25, 0.3) is 0 Å². The maximum Gasteiger partial charge on any atom is 0.226 e. The number of likely N-dealkylation sites (tertiary alicyclic amines) is 2. The number of hydrogen-bond donors (Lipinski definition) is 1. The van der Waals surface area contributed by atoms with E-state index in [1.807, 2.05) is 25.1 Å². The number of carbonyl (C=O) groups excluding carboxylic acids is 1. The molecule has 0 bridgehead atoms. The van der Waals surface area contributed by atoms with Crippen molar-refractivity contribution in [1.82, 2.24) is 20.1 Å². The Kier molecular flexibility index (Phi) is 6.85. The van der Waals surface area contributed by atoms with Crippen LogP contribution in [0.2, 0.25) is 0 Å². The number of aromatic nitrogens is 1. The molecule has 3 heterocycles. The molecule has 2 aromatic rings. The highest BCUT2D eigenvalue weighted by atomic mass is 16.4. The number of amides is 1. The zero-order valence-corrected chi connectivity index (χ0v) is 18.3. The van der Waals surface area contributed by atoms with Crippen LogP contribution < -0.4 is 5.32 Å². The second kappa shape index (κ2) is 9.75. The fraction of sp³-hybridized carbons (Fsp3) is 0.583. The molecule has 6 heteroatoms. The summed E-state index contributed by atoms with van der Waals surface area (Å²) >= 11 is 0.